The van der Waals surface area contributed by atoms with Gasteiger partial charge in [-0.2, -0.15) is 0 Å². The molecule has 6 nitrogen and oxygen atoms in total. The highest BCUT2D eigenvalue weighted by molar-refractivity contribution is 5.95. The first kappa shape index (κ1) is 21.3. The number of ether oxygens (including phenoxy) is 1. The fourth-order valence-electron chi connectivity index (χ4n) is 4.75. The molecule has 5 rings (SSSR count). The Balaban J connectivity index is 1.27. The highest BCUT2D eigenvalue weighted by atomic mass is 19.4. The molecule has 3 aliphatic rings. The summed E-state index contributed by atoms with van der Waals surface area (Å²) in [6.07, 6.45) is -2.21. The molecule has 10 heteroatoms. The first-order valence-corrected chi connectivity index (χ1v) is 10.4. The average molecular weight is 461 g/mol. The first-order valence-electron chi connectivity index (χ1n) is 10.4. The summed E-state index contributed by atoms with van der Waals surface area (Å²) >= 11 is 0. The molecule has 1 saturated heterocycles. The molecule has 2 aromatic carbocycles. The normalized spacial score (nSPS) is 21.6. The molecule has 2 aliphatic heterocycles. The van der Waals surface area contributed by atoms with Gasteiger partial charge in [0.15, 0.2) is 0 Å². The number of rotatable bonds is 4. The van der Waals surface area contributed by atoms with Gasteiger partial charge in [0.1, 0.15) is 18.1 Å². The molecule has 0 unspecified atom stereocenters. The molecule has 3 amide bonds. The lowest BCUT2D eigenvalue weighted by Gasteiger charge is -2.32. The third-order valence-electron chi connectivity index (χ3n) is 6.16. The van der Waals surface area contributed by atoms with Crippen LogP contribution in [0.15, 0.2) is 48.5 Å². The van der Waals surface area contributed by atoms with Gasteiger partial charge >= 0.3 is 12.4 Å². The Morgan fingerprint density at radius 3 is 2.73 bits per heavy atom. The Hall–Kier alpha value is -3.56. The van der Waals surface area contributed by atoms with Crippen molar-refractivity contribution in [2.45, 2.75) is 25.4 Å². The Bertz CT molecular complexity index is 1160. The molecule has 2 atom stereocenters. The smallest absolute Gasteiger partial charge is 0.406 e. The van der Waals surface area contributed by atoms with Crippen LogP contribution in [0.4, 0.5) is 28.0 Å². The monoisotopic (exact) mass is 461 g/mol. The van der Waals surface area contributed by atoms with E-state index in [0.29, 0.717) is 29.8 Å². The van der Waals surface area contributed by atoms with Crippen LogP contribution in [-0.4, -0.2) is 47.2 Å². The van der Waals surface area contributed by atoms with Gasteiger partial charge in [-0.15, -0.1) is 13.2 Å². The number of halogens is 4. The fraction of sp³-hybridized carbons (Fsp3) is 0.304. The number of urea groups is 1. The molecule has 2 aromatic rings. The van der Waals surface area contributed by atoms with Crippen LogP contribution < -0.4 is 10.1 Å². The zero-order valence-electron chi connectivity index (χ0n) is 17.2. The van der Waals surface area contributed by atoms with Crippen LogP contribution in [0, 0.1) is 11.7 Å². The Morgan fingerprint density at radius 1 is 1.18 bits per heavy atom. The molecular formula is C23H19F4N3O3. The minimum atomic E-state index is -4.77. The second-order valence-electron chi connectivity index (χ2n) is 8.33. The molecule has 2 bridgehead atoms. The third-order valence-corrected chi connectivity index (χ3v) is 6.16. The van der Waals surface area contributed by atoms with E-state index < -0.39 is 18.2 Å². The van der Waals surface area contributed by atoms with Gasteiger partial charge in [-0.1, -0.05) is 18.2 Å². The van der Waals surface area contributed by atoms with Crippen molar-refractivity contribution in [3.63, 3.8) is 0 Å². The molecule has 0 saturated carbocycles. The maximum absolute atomic E-state index is 13.5. The van der Waals surface area contributed by atoms with Gasteiger partial charge in [0.2, 0.25) is 5.91 Å². The van der Waals surface area contributed by atoms with Crippen molar-refractivity contribution in [2.24, 2.45) is 5.92 Å². The Kier molecular flexibility index (Phi) is 5.02. The van der Waals surface area contributed by atoms with Gasteiger partial charge in [0.25, 0.3) is 0 Å². The lowest BCUT2D eigenvalue weighted by molar-refractivity contribution is -0.274. The molecule has 1 N–H and O–H groups in total. The van der Waals surface area contributed by atoms with Gasteiger partial charge < -0.3 is 19.9 Å². The second-order valence-corrected chi connectivity index (χ2v) is 8.33. The predicted molar refractivity (Wildman–Crippen MR) is 111 cm³/mol. The lowest BCUT2D eigenvalue weighted by atomic mass is 9.95. The number of carbonyl (C=O) groups is 2. The summed E-state index contributed by atoms with van der Waals surface area (Å²) in [5, 5.41) is 2.66. The van der Waals surface area contributed by atoms with E-state index in [9.17, 15) is 27.2 Å². The summed E-state index contributed by atoms with van der Waals surface area (Å²) in [6.45, 7) is 0.392. The number of fused-ring (bicyclic) bond motifs is 3. The first-order chi connectivity index (χ1) is 15.7. The van der Waals surface area contributed by atoms with Crippen LogP contribution in [-0.2, 0) is 11.3 Å². The molecule has 33 heavy (non-hydrogen) atoms. The van der Waals surface area contributed by atoms with E-state index in [1.54, 1.807) is 11.0 Å². The van der Waals surface area contributed by atoms with E-state index in [4.69, 9.17) is 0 Å². The lowest BCUT2D eigenvalue weighted by Crippen LogP contribution is -2.47. The van der Waals surface area contributed by atoms with Gasteiger partial charge in [0, 0.05) is 18.2 Å². The number of benzene rings is 2. The Labute approximate surface area is 186 Å². The van der Waals surface area contributed by atoms with Crippen molar-refractivity contribution in [2.75, 3.05) is 18.4 Å². The topological polar surface area (TPSA) is 61.9 Å². The summed E-state index contributed by atoms with van der Waals surface area (Å²) in [5.74, 6) is -0.952. The van der Waals surface area contributed by atoms with E-state index in [-0.39, 0.29) is 36.7 Å². The van der Waals surface area contributed by atoms with Crippen LogP contribution in [0.1, 0.15) is 17.5 Å². The van der Waals surface area contributed by atoms with E-state index >= 15 is 0 Å². The zero-order chi connectivity index (χ0) is 23.3. The summed E-state index contributed by atoms with van der Waals surface area (Å²) in [5.41, 5.74) is 2.63. The number of amides is 3. The van der Waals surface area contributed by atoms with E-state index in [1.165, 1.54) is 41.3 Å². The molecule has 2 heterocycles. The van der Waals surface area contributed by atoms with Crippen molar-refractivity contribution >= 4 is 23.2 Å². The maximum atomic E-state index is 13.5. The highest BCUT2D eigenvalue weighted by Crippen LogP contribution is 2.43. The van der Waals surface area contributed by atoms with E-state index in [2.05, 4.69) is 10.1 Å². The highest BCUT2D eigenvalue weighted by Gasteiger charge is 2.42. The summed E-state index contributed by atoms with van der Waals surface area (Å²) in [4.78, 5) is 28.3. The number of hydrogen-bond donors (Lipinski definition) is 1. The second kappa shape index (κ2) is 7.79. The van der Waals surface area contributed by atoms with Crippen molar-refractivity contribution in [1.82, 2.24) is 9.80 Å². The van der Waals surface area contributed by atoms with Crippen LogP contribution in [0.25, 0.3) is 5.57 Å². The molecule has 172 valence electrons. The molecule has 1 fully saturated rings. The molecule has 0 spiro atoms. The van der Waals surface area contributed by atoms with Gasteiger partial charge in [-0.3, -0.25) is 4.79 Å². The zero-order valence-corrected chi connectivity index (χ0v) is 17.2. The van der Waals surface area contributed by atoms with Crippen LogP contribution in [0.5, 0.6) is 5.75 Å². The van der Waals surface area contributed by atoms with Gasteiger partial charge in [0.05, 0.1) is 12.6 Å². The van der Waals surface area contributed by atoms with Crippen molar-refractivity contribution < 1.29 is 31.9 Å². The van der Waals surface area contributed by atoms with Crippen LogP contribution >= 0.6 is 0 Å². The minimum Gasteiger partial charge on any atom is -0.406 e. The summed E-state index contributed by atoms with van der Waals surface area (Å²) < 4.78 is 55.1. The molecule has 1 aliphatic carbocycles. The van der Waals surface area contributed by atoms with Crippen LogP contribution in [0.2, 0.25) is 0 Å². The van der Waals surface area contributed by atoms with Crippen LogP contribution in [0.3, 0.4) is 0 Å². The molecule has 0 radical (unpaired) electrons. The number of anilines is 1. The summed E-state index contributed by atoms with van der Waals surface area (Å²) in [7, 11) is 0. The van der Waals surface area contributed by atoms with E-state index in [0.717, 1.165) is 5.57 Å². The Morgan fingerprint density at radius 2 is 2.00 bits per heavy atom. The van der Waals surface area contributed by atoms with E-state index in [1.807, 2.05) is 6.08 Å². The molecular weight excluding hydrogens is 442 g/mol. The molecule has 0 aromatic heterocycles. The van der Waals surface area contributed by atoms with Gasteiger partial charge in [-0.05, 0) is 53.5 Å². The maximum Gasteiger partial charge on any atom is 0.573 e. The quantitative estimate of drug-likeness (QED) is 0.688. The predicted octanol–water partition coefficient (Wildman–Crippen LogP) is 4.39. The number of hydrogen-bond acceptors (Lipinski definition) is 3. The largest absolute Gasteiger partial charge is 0.573 e. The van der Waals surface area contributed by atoms with Crippen molar-refractivity contribution in [3.8, 4) is 5.75 Å². The SMILES string of the molecule is O=C1Nc2ccc(F)cc2CN1CC(=O)N1C[C@H]2C[C@@H]1C=C2c1cccc(OC(F)(F)F)c1. The average Bonchev–Trinajstić information content (AvgIpc) is 3.35. The fourth-order valence-corrected chi connectivity index (χ4v) is 4.75. The number of likely N-dealkylation sites (tertiary alicyclic amines) is 1. The number of nitrogens with zero attached hydrogens (tertiary/aromatic N) is 2. The van der Waals surface area contributed by atoms with Gasteiger partial charge in [-0.25, -0.2) is 9.18 Å². The number of alkyl halides is 3. The minimum absolute atomic E-state index is 0.00918. The summed E-state index contributed by atoms with van der Waals surface area (Å²) in [6, 6.07) is 9.27. The third kappa shape index (κ3) is 4.24. The van der Waals surface area contributed by atoms with Crippen molar-refractivity contribution in [3.05, 3.63) is 65.5 Å². The standard InChI is InChI=1S/C23H19F4N3O3/c24-16-4-5-20-15(6-16)10-29(22(32)28-20)12-21(31)30-11-14-7-17(30)9-19(14)13-2-1-3-18(8-13)33-23(25,26)27/h1-6,8-9,14,17H,7,10-12H2,(H,28,32)/t14-,17-/m1/s1. The number of nitrogens with one attached hydrogen (secondary N) is 1. The number of carbonyl (C=O) groups excluding carboxylic acids is 2. The van der Waals surface area contributed by atoms with Crippen molar-refractivity contribution in [1.29, 1.82) is 0 Å².